The van der Waals surface area contributed by atoms with Crippen LogP contribution in [0.25, 0.3) is 32.6 Å². The van der Waals surface area contributed by atoms with Crippen LogP contribution in [-0.2, 0) is 17.5 Å². The fraction of sp³-hybridized carbons (Fsp3) is 0.345. The van der Waals surface area contributed by atoms with Gasteiger partial charge in [0, 0.05) is 47.4 Å². The first-order valence-corrected chi connectivity index (χ1v) is 14.6. The second-order valence-corrected chi connectivity index (χ2v) is 10.8. The predicted molar refractivity (Wildman–Crippen MR) is 157 cm³/mol. The number of benzene rings is 1. The van der Waals surface area contributed by atoms with Crippen LogP contribution in [0.15, 0.2) is 46.8 Å². The number of ether oxygens (including phenoxy) is 1. The van der Waals surface area contributed by atoms with Crippen molar-refractivity contribution < 1.29 is 27.5 Å². The third-order valence-electron chi connectivity index (χ3n) is 7.01. The van der Waals surface area contributed by atoms with Gasteiger partial charge in [0.25, 0.3) is 0 Å². The Morgan fingerprint density at radius 3 is 2.70 bits per heavy atom. The number of carbonyl (C=O) groups excluding carboxylic acids is 2. The van der Waals surface area contributed by atoms with Gasteiger partial charge in [0.05, 0.1) is 12.1 Å². The fourth-order valence-electron chi connectivity index (χ4n) is 5.00. The summed E-state index contributed by atoms with van der Waals surface area (Å²) in [6.07, 6.45) is -0.759. The fourth-order valence-corrected chi connectivity index (χ4v) is 5.85. The van der Waals surface area contributed by atoms with Crippen LogP contribution in [0.5, 0.6) is 0 Å². The molecular weight excluding hydrogens is 585 g/mol. The number of pyridine rings is 2. The lowest BCUT2D eigenvalue weighted by Crippen LogP contribution is -2.28. The molecule has 0 unspecified atom stereocenters. The van der Waals surface area contributed by atoms with E-state index in [9.17, 15) is 27.6 Å². The number of urea groups is 1. The molecule has 226 valence electrons. The third-order valence-corrected chi connectivity index (χ3v) is 7.89. The van der Waals surface area contributed by atoms with Gasteiger partial charge in [-0.1, -0.05) is 6.07 Å². The van der Waals surface area contributed by atoms with Gasteiger partial charge in [0.15, 0.2) is 5.69 Å². The van der Waals surface area contributed by atoms with Gasteiger partial charge >= 0.3 is 18.2 Å². The summed E-state index contributed by atoms with van der Waals surface area (Å²) in [6, 6.07) is 5.99. The molecule has 0 saturated carbocycles. The molecule has 2 amide bonds. The maximum Gasteiger partial charge on any atom is 0.434 e. The minimum atomic E-state index is -4.64. The minimum absolute atomic E-state index is 0.0511. The van der Waals surface area contributed by atoms with E-state index in [1.807, 2.05) is 4.57 Å². The zero-order valence-corrected chi connectivity index (χ0v) is 24.2. The van der Waals surface area contributed by atoms with Crippen molar-refractivity contribution in [2.45, 2.75) is 33.0 Å². The zero-order chi connectivity index (χ0) is 30.7. The van der Waals surface area contributed by atoms with Gasteiger partial charge < -0.3 is 19.9 Å². The van der Waals surface area contributed by atoms with Gasteiger partial charge in [-0.05, 0) is 63.0 Å². The highest BCUT2D eigenvalue weighted by Gasteiger charge is 2.34. The first-order chi connectivity index (χ1) is 20.6. The Kier molecular flexibility index (Phi) is 8.78. The predicted octanol–water partition coefficient (Wildman–Crippen LogP) is 5.13. The first kappa shape index (κ1) is 30.2. The minimum Gasteiger partial charge on any atom is -0.462 e. The van der Waals surface area contributed by atoms with Gasteiger partial charge in [0.2, 0.25) is 5.43 Å². The monoisotopic (exact) mass is 614 g/mol. The number of hydrogen-bond donors (Lipinski definition) is 3. The number of amides is 2. The molecule has 3 N–H and O–H groups in total. The number of carbonyl (C=O) groups is 2. The molecule has 10 nitrogen and oxygen atoms in total. The second-order valence-electron chi connectivity index (χ2n) is 9.97. The van der Waals surface area contributed by atoms with Gasteiger partial charge in [-0.25, -0.2) is 19.6 Å². The molecular formula is C29H29F3N6O4S. The highest BCUT2D eigenvalue weighted by molar-refractivity contribution is 7.13. The maximum atomic E-state index is 13.6. The number of nitrogens with one attached hydrogen (secondary N) is 3. The molecule has 4 aromatic rings. The normalized spacial score (nSPS) is 15.0. The lowest BCUT2D eigenvalue weighted by atomic mass is 9.99. The van der Waals surface area contributed by atoms with E-state index in [4.69, 9.17) is 4.74 Å². The number of rotatable bonds is 8. The van der Waals surface area contributed by atoms with E-state index in [1.165, 1.54) is 18.5 Å². The summed E-state index contributed by atoms with van der Waals surface area (Å²) >= 11 is 0.795. The molecule has 1 aliphatic heterocycles. The van der Waals surface area contributed by atoms with Gasteiger partial charge in [-0.2, -0.15) is 13.2 Å². The van der Waals surface area contributed by atoms with Gasteiger partial charge in [-0.3, -0.25) is 10.1 Å². The van der Waals surface area contributed by atoms with Crippen molar-refractivity contribution in [3.63, 3.8) is 0 Å². The van der Waals surface area contributed by atoms with E-state index in [0.29, 0.717) is 35.7 Å². The summed E-state index contributed by atoms with van der Waals surface area (Å²) in [6.45, 7) is 6.11. The number of halogens is 3. The summed E-state index contributed by atoms with van der Waals surface area (Å²) < 4.78 is 47.3. The summed E-state index contributed by atoms with van der Waals surface area (Å²) in [5.74, 6) is -0.330. The number of hydrogen-bond acceptors (Lipinski definition) is 8. The molecule has 1 fully saturated rings. The number of aromatic nitrogens is 3. The maximum absolute atomic E-state index is 13.6. The van der Waals surface area contributed by atoms with Crippen molar-refractivity contribution in [1.29, 1.82) is 0 Å². The first-order valence-electron chi connectivity index (χ1n) is 13.7. The van der Waals surface area contributed by atoms with E-state index < -0.39 is 29.3 Å². The Balaban J connectivity index is 1.67. The molecule has 4 heterocycles. The van der Waals surface area contributed by atoms with Crippen molar-refractivity contribution in [2.24, 2.45) is 5.92 Å². The molecule has 0 aliphatic carbocycles. The lowest BCUT2D eigenvalue weighted by molar-refractivity contribution is -0.140. The van der Waals surface area contributed by atoms with Crippen LogP contribution in [0.4, 0.5) is 23.8 Å². The smallest absolute Gasteiger partial charge is 0.434 e. The number of fused-ring (bicyclic) bond motifs is 1. The molecule has 0 spiro atoms. The number of esters is 1. The number of anilines is 1. The highest BCUT2D eigenvalue weighted by atomic mass is 32.1. The van der Waals surface area contributed by atoms with Crippen LogP contribution in [0.2, 0.25) is 0 Å². The Bertz CT molecular complexity index is 1730. The van der Waals surface area contributed by atoms with Crippen molar-refractivity contribution >= 4 is 40.1 Å². The molecule has 0 bridgehead atoms. The Hall–Kier alpha value is -4.30. The second kappa shape index (κ2) is 12.5. The SMILES string of the molecule is CCNC(=O)Nc1cc(-c2nc(C(F)(F)F)cs2)c(-c2ccc3c(c2)c(=O)c(C(=O)OCC)cn3C[C@H]2CCNC2)cn1. The summed E-state index contributed by atoms with van der Waals surface area (Å²) in [5, 5.41) is 9.67. The van der Waals surface area contributed by atoms with Crippen LogP contribution < -0.4 is 21.4 Å². The Morgan fingerprint density at radius 1 is 1.21 bits per heavy atom. The number of thiazole rings is 1. The molecule has 14 heteroatoms. The standard InChI is InChI=1S/C29H29F3N6O4S/c1-3-34-28(41)37-24-10-18(26-36-23(15-43-26)29(30,31)32)20(12-35-24)17-5-6-22-19(9-17)25(39)21(27(40)42-4-2)14-38(22)13-16-7-8-33-11-16/h5-6,9-10,12,14-16,33H,3-4,7-8,11,13H2,1-2H3,(H2,34,35,37,41)/t16-/m0/s1. The number of nitrogens with zero attached hydrogens (tertiary/aromatic N) is 3. The number of alkyl halides is 3. The van der Waals surface area contributed by atoms with Gasteiger partial charge in [0.1, 0.15) is 16.4 Å². The molecule has 5 rings (SSSR count). The molecule has 1 saturated heterocycles. The average molecular weight is 615 g/mol. The van der Waals surface area contributed by atoms with Crippen LogP contribution in [0.1, 0.15) is 36.3 Å². The topological polar surface area (TPSA) is 127 Å². The molecule has 1 aliphatic rings. The molecule has 0 radical (unpaired) electrons. The van der Waals surface area contributed by atoms with E-state index in [0.717, 1.165) is 36.2 Å². The summed E-state index contributed by atoms with van der Waals surface area (Å²) in [5.41, 5.74) is 0.0671. The Morgan fingerprint density at radius 2 is 2.02 bits per heavy atom. The lowest BCUT2D eigenvalue weighted by Gasteiger charge is -2.17. The molecule has 43 heavy (non-hydrogen) atoms. The van der Waals surface area contributed by atoms with Crippen LogP contribution in [0, 0.1) is 5.92 Å². The van der Waals surface area contributed by atoms with E-state index in [1.54, 1.807) is 32.0 Å². The quantitative estimate of drug-likeness (QED) is 0.235. The van der Waals surface area contributed by atoms with Crippen molar-refractivity contribution in [2.75, 3.05) is 31.6 Å². The summed E-state index contributed by atoms with van der Waals surface area (Å²) in [4.78, 5) is 46.6. The van der Waals surface area contributed by atoms with Gasteiger partial charge in [-0.15, -0.1) is 11.3 Å². The van der Waals surface area contributed by atoms with Crippen molar-refractivity contribution in [3.8, 4) is 21.7 Å². The van der Waals surface area contributed by atoms with Crippen LogP contribution >= 0.6 is 11.3 Å². The Labute approximate surface area is 248 Å². The third kappa shape index (κ3) is 6.54. The van der Waals surface area contributed by atoms with Crippen LogP contribution in [-0.4, -0.2) is 52.8 Å². The van der Waals surface area contributed by atoms with E-state index in [2.05, 4.69) is 25.9 Å². The molecule has 3 aromatic heterocycles. The summed E-state index contributed by atoms with van der Waals surface area (Å²) in [7, 11) is 0. The van der Waals surface area contributed by atoms with Crippen LogP contribution in [0.3, 0.4) is 0 Å². The molecule has 1 aromatic carbocycles. The van der Waals surface area contributed by atoms with E-state index >= 15 is 0 Å². The highest BCUT2D eigenvalue weighted by Crippen LogP contribution is 2.39. The van der Waals surface area contributed by atoms with Crippen molar-refractivity contribution in [1.82, 2.24) is 25.2 Å². The largest absolute Gasteiger partial charge is 0.462 e. The van der Waals surface area contributed by atoms with E-state index in [-0.39, 0.29) is 33.9 Å². The average Bonchev–Trinajstić information content (AvgIpc) is 3.67. The van der Waals surface area contributed by atoms with Crippen molar-refractivity contribution in [3.05, 3.63) is 63.5 Å². The molecule has 1 atom stereocenters. The zero-order valence-electron chi connectivity index (χ0n) is 23.4.